The Morgan fingerprint density at radius 3 is 2.68 bits per heavy atom. The molecule has 3 aromatic rings. The first-order valence-corrected chi connectivity index (χ1v) is 9.76. The molecule has 1 heterocycles. The Balaban J connectivity index is 1.80. The van der Waals surface area contributed by atoms with Gasteiger partial charge in [0, 0.05) is 40.7 Å². The number of aromatic nitrogens is 1. The standard InChI is InChI=1S/C21H22Cl2N2O3/c1-12(2)28-20-14(7-15(22)9-17(20)23)11-25-19(21(26)27)8-13-10-24-18-6-4-3-5-16(13)18/h3-7,9-10,12,19,24-25H,8,11H2,1-2H3,(H,26,27). The predicted octanol–water partition coefficient (Wildman–Crippen LogP) is 5.05. The van der Waals surface area contributed by atoms with Crippen molar-refractivity contribution >= 4 is 40.1 Å². The molecule has 28 heavy (non-hydrogen) atoms. The molecule has 148 valence electrons. The maximum atomic E-state index is 11.8. The summed E-state index contributed by atoms with van der Waals surface area (Å²) in [6, 6.07) is 10.4. The zero-order valence-corrected chi connectivity index (χ0v) is 17.1. The number of rotatable bonds is 8. The Bertz CT molecular complexity index is 985. The molecule has 0 spiro atoms. The number of ether oxygens (including phenoxy) is 1. The molecule has 1 unspecified atom stereocenters. The number of benzene rings is 2. The van der Waals surface area contributed by atoms with E-state index in [1.165, 1.54) is 0 Å². The summed E-state index contributed by atoms with van der Waals surface area (Å²) in [5, 5.41) is 14.7. The zero-order valence-electron chi connectivity index (χ0n) is 15.6. The molecule has 0 radical (unpaired) electrons. The minimum absolute atomic E-state index is 0.0704. The molecule has 3 rings (SSSR count). The van der Waals surface area contributed by atoms with Gasteiger partial charge in [-0.25, -0.2) is 0 Å². The smallest absolute Gasteiger partial charge is 0.321 e. The number of aliphatic carboxylic acids is 1. The van der Waals surface area contributed by atoms with Crippen LogP contribution in [0.15, 0.2) is 42.6 Å². The van der Waals surface area contributed by atoms with Gasteiger partial charge in [0.25, 0.3) is 0 Å². The highest BCUT2D eigenvalue weighted by Crippen LogP contribution is 2.33. The van der Waals surface area contributed by atoms with E-state index in [0.29, 0.717) is 22.2 Å². The molecule has 0 aliphatic heterocycles. The lowest BCUT2D eigenvalue weighted by Crippen LogP contribution is -2.38. The number of fused-ring (bicyclic) bond motifs is 1. The second kappa shape index (κ2) is 8.86. The van der Waals surface area contributed by atoms with Crippen molar-refractivity contribution in [3.8, 4) is 5.75 Å². The molecular formula is C21H22Cl2N2O3. The Kier molecular flexibility index (Phi) is 6.50. The number of carbonyl (C=O) groups is 1. The van der Waals surface area contributed by atoms with Gasteiger partial charge in [-0.05, 0) is 37.6 Å². The van der Waals surface area contributed by atoms with E-state index in [-0.39, 0.29) is 12.6 Å². The van der Waals surface area contributed by atoms with E-state index in [4.69, 9.17) is 27.9 Å². The number of carboxylic acid groups (broad SMARTS) is 1. The van der Waals surface area contributed by atoms with Crippen molar-refractivity contribution in [3.05, 3.63) is 63.8 Å². The van der Waals surface area contributed by atoms with Crippen molar-refractivity contribution in [3.63, 3.8) is 0 Å². The number of halogens is 2. The summed E-state index contributed by atoms with van der Waals surface area (Å²) in [7, 11) is 0. The fourth-order valence-corrected chi connectivity index (χ4v) is 3.69. The van der Waals surface area contributed by atoms with Gasteiger partial charge in [-0.15, -0.1) is 0 Å². The average molecular weight is 421 g/mol. The van der Waals surface area contributed by atoms with Gasteiger partial charge in [0.05, 0.1) is 11.1 Å². The Labute approximate surface area is 173 Å². The summed E-state index contributed by atoms with van der Waals surface area (Å²) in [5.74, 6) is -0.408. The average Bonchev–Trinajstić information content (AvgIpc) is 3.03. The lowest BCUT2D eigenvalue weighted by Gasteiger charge is -2.19. The Hall–Kier alpha value is -2.21. The summed E-state index contributed by atoms with van der Waals surface area (Å²) in [5.41, 5.74) is 2.64. The van der Waals surface area contributed by atoms with Crippen molar-refractivity contribution in [1.29, 1.82) is 0 Å². The van der Waals surface area contributed by atoms with Gasteiger partial charge >= 0.3 is 5.97 Å². The van der Waals surface area contributed by atoms with Gasteiger partial charge in [-0.3, -0.25) is 10.1 Å². The van der Waals surface area contributed by atoms with Crippen LogP contribution in [0.5, 0.6) is 5.75 Å². The van der Waals surface area contributed by atoms with Gasteiger partial charge in [0.15, 0.2) is 0 Å². The first kappa shape index (κ1) is 20.5. The minimum Gasteiger partial charge on any atom is -0.489 e. The van der Waals surface area contributed by atoms with E-state index in [1.807, 2.05) is 44.3 Å². The number of carboxylic acids is 1. The monoisotopic (exact) mass is 420 g/mol. The van der Waals surface area contributed by atoms with Crippen LogP contribution in [0, 0.1) is 0 Å². The number of nitrogens with one attached hydrogen (secondary N) is 2. The highest BCUT2D eigenvalue weighted by molar-refractivity contribution is 6.35. The molecule has 0 amide bonds. The molecule has 0 bridgehead atoms. The molecule has 5 nitrogen and oxygen atoms in total. The number of hydrogen-bond donors (Lipinski definition) is 3. The highest BCUT2D eigenvalue weighted by Gasteiger charge is 2.21. The quantitative estimate of drug-likeness (QED) is 0.476. The summed E-state index contributed by atoms with van der Waals surface area (Å²) >= 11 is 12.4. The number of aromatic amines is 1. The zero-order chi connectivity index (χ0) is 20.3. The van der Waals surface area contributed by atoms with Crippen LogP contribution in [0.1, 0.15) is 25.0 Å². The first-order chi connectivity index (χ1) is 13.3. The van der Waals surface area contributed by atoms with Crippen molar-refractivity contribution in [2.75, 3.05) is 0 Å². The molecule has 3 N–H and O–H groups in total. The molecule has 0 aliphatic carbocycles. The van der Waals surface area contributed by atoms with Crippen LogP contribution >= 0.6 is 23.2 Å². The second-order valence-corrected chi connectivity index (χ2v) is 7.72. The lowest BCUT2D eigenvalue weighted by atomic mass is 10.0. The van der Waals surface area contributed by atoms with Crippen molar-refractivity contribution in [2.45, 2.75) is 39.0 Å². The normalized spacial score (nSPS) is 12.5. The van der Waals surface area contributed by atoms with Crippen molar-refractivity contribution in [1.82, 2.24) is 10.3 Å². The maximum Gasteiger partial charge on any atom is 0.321 e. The number of hydrogen-bond acceptors (Lipinski definition) is 3. The SMILES string of the molecule is CC(C)Oc1c(Cl)cc(Cl)cc1CNC(Cc1c[nH]c2ccccc12)C(=O)O. The van der Waals surface area contributed by atoms with Crippen LogP contribution in [0.2, 0.25) is 10.0 Å². The fraction of sp³-hybridized carbons (Fsp3) is 0.286. The molecule has 0 aliphatic rings. The lowest BCUT2D eigenvalue weighted by molar-refractivity contribution is -0.139. The fourth-order valence-electron chi connectivity index (χ4n) is 3.11. The molecule has 0 saturated carbocycles. The molecule has 1 aromatic heterocycles. The van der Waals surface area contributed by atoms with Crippen LogP contribution in [0.25, 0.3) is 10.9 Å². The van der Waals surface area contributed by atoms with Gasteiger partial charge in [-0.1, -0.05) is 41.4 Å². The maximum absolute atomic E-state index is 11.8. The minimum atomic E-state index is -0.926. The number of H-pyrrole nitrogens is 1. The molecular weight excluding hydrogens is 399 g/mol. The highest BCUT2D eigenvalue weighted by atomic mass is 35.5. The summed E-state index contributed by atoms with van der Waals surface area (Å²) in [6.07, 6.45) is 2.12. The third kappa shape index (κ3) is 4.79. The molecule has 2 aromatic carbocycles. The van der Waals surface area contributed by atoms with Crippen LogP contribution < -0.4 is 10.1 Å². The third-order valence-electron chi connectivity index (χ3n) is 4.37. The van der Waals surface area contributed by atoms with E-state index in [0.717, 1.165) is 22.0 Å². The predicted molar refractivity (Wildman–Crippen MR) is 112 cm³/mol. The second-order valence-electron chi connectivity index (χ2n) is 6.88. The van der Waals surface area contributed by atoms with Gasteiger partial charge in [0.1, 0.15) is 11.8 Å². The van der Waals surface area contributed by atoms with Crippen LogP contribution in [-0.4, -0.2) is 28.2 Å². The largest absolute Gasteiger partial charge is 0.489 e. The Morgan fingerprint density at radius 1 is 1.21 bits per heavy atom. The van der Waals surface area contributed by atoms with Crippen molar-refractivity contribution in [2.24, 2.45) is 0 Å². The molecule has 7 heteroatoms. The van der Waals surface area contributed by atoms with E-state index >= 15 is 0 Å². The third-order valence-corrected chi connectivity index (χ3v) is 4.87. The van der Waals surface area contributed by atoms with Crippen molar-refractivity contribution < 1.29 is 14.6 Å². The van der Waals surface area contributed by atoms with Crippen LogP contribution in [0.4, 0.5) is 0 Å². The topological polar surface area (TPSA) is 74.3 Å². The molecule has 0 saturated heterocycles. The number of para-hydroxylation sites is 1. The van der Waals surface area contributed by atoms with E-state index in [9.17, 15) is 9.90 Å². The van der Waals surface area contributed by atoms with E-state index in [1.54, 1.807) is 12.1 Å². The first-order valence-electron chi connectivity index (χ1n) is 9.01. The summed E-state index contributed by atoms with van der Waals surface area (Å²) < 4.78 is 5.80. The molecule has 1 atom stereocenters. The summed E-state index contributed by atoms with van der Waals surface area (Å²) in [6.45, 7) is 4.07. The van der Waals surface area contributed by atoms with E-state index in [2.05, 4.69) is 10.3 Å². The summed E-state index contributed by atoms with van der Waals surface area (Å²) in [4.78, 5) is 15.0. The van der Waals surface area contributed by atoms with Crippen LogP contribution in [0.3, 0.4) is 0 Å². The van der Waals surface area contributed by atoms with Gasteiger partial charge in [-0.2, -0.15) is 0 Å². The van der Waals surface area contributed by atoms with Crippen LogP contribution in [-0.2, 0) is 17.8 Å². The van der Waals surface area contributed by atoms with Gasteiger partial charge in [0.2, 0.25) is 0 Å². The van der Waals surface area contributed by atoms with Gasteiger partial charge < -0.3 is 14.8 Å². The Morgan fingerprint density at radius 2 is 1.96 bits per heavy atom. The molecule has 0 fully saturated rings. The van der Waals surface area contributed by atoms with E-state index < -0.39 is 12.0 Å².